The van der Waals surface area contributed by atoms with E-state index in [-0.39, 0.29) is 6.04 Å². The Hall–Kier alpha value is -0.540. The maximum absolute atomic E-state index is 5.67. The molecule has 1 aromatic rings. The summed E-state index contributed by atoms with van der Waals surface area (Å²) in [5.74, 6) is 0.926. The second kappa shape index (κ2) is 4.63. The Morgan fingerprint density at radius 3 is 2.69 bits per heavy atom. The number of pyridine rings is 1. The molecule has 0 aliphatic rings. The molecule has 0 saturated carbocycles. The molecule has 2 N–H and O–H groups in total. The van der Waals surface area contributed by atoms with Gasteiger partial charge in [-0.2, -0.15) is 0 Å². The minimum Gasteiger partial charge on any atom is -0.327 e. The van der Waals surface area contributed by atoms with E-state index in [0.717, 1.165) is 16.5 Å². The van der Waals surface area contributed by atoms with E-state index in [1.807, 2.05) is 13.8 Å². The highest BCUT2D eigenvalue weighted by atomic mass is 32.2. The Bertz CT molecular complexity index is 264. The number of thioether (sulfide) groups is 1. The molecule has 0 spiro atoms. The molecule has 0 aliphatic carbocycles. The molecule has 0 aliphatic heterocycles. The molecule has 1 rings (SSSR count). The van der Waals surface area contributed by atoms with Crippen LogP contribution >= 0.6 is 11.8 Å². The summed E-state index contributed by atoms with van der Waals surface area (Å²) in [6.45, 7) is 6.11. The Kier molecular flexibility index (Phi) is 3.75. The molecule has 0 radical (unpaired) electrons. The van der Waals surface area contributed by atoms with Gasteiger partial charge in [0.05, 0.1) is 5.03 Å². The van der Waals surface area contributed by atoms with Gasteiger partial charge in [-0.05, 0) is 38.5 Å². The van der Waals surface area contributed by atoms with Gasteiger partial charge in [-0.3, -0.25) is 0 Å². The Morgan fingerprint density at radius 1 is 1.46 bits per heavy atom. The van der Waals surface area contributed by atoms with Crippen molar-refractivity contribution < 1.29 is 0 Å². The first-order valence-electron chi connectivity index (χ1n) is 4.41. The van der Waals surface area contributed by atoms with Gasteiger partial charge in [0, 0.05) is 17.5 Å². The summed E-state index contributed by atoms with van der Waals surface area (Å²) in [6.07, 6.45) is 0. The average Bonchev–Trinajstić information content (AvgIpc) is 1.99. The third-order valence-corrected chi connectivity index (χ3v) is 2.77. The number of rotatable bonds is 3. The van der Waals surface area contributed by atoms with Crippen molar-refractivity contribution >= 4 is 11.8 Å². The van der Waals surface area contributed by atoms with Crippen LogP contribution in [0, 0.1) is 13.8 Å². The maximum atomic E-state index is 5.67. The van der Waals surface area contributed by atoms with Crippen molar-refractivity contribution in [3.8, 4) is 0 Å². The van der Waals surface area contributed by atoms with Crippen LogP contribution < -0.4 is 5.73 Å². The number of aryl methyl sites for hydroxylation is 2. The van der Waals surface area contributed by atoms with E-state index >= 15 is 0 Å². The van der Waals surface area contributed by atoms with Gasteiger partial charge in [-0.1, -0.05) is 0 Å². The number of nitrogens with zero attached hydrogens (tertiary/aromatic N) is 1. The fourth-order valence-corrected chi connectivity index (χ4v) is 2.01. The van der Waals surface area contributed by atoms with Gasteiger partial charge in [-0.15, -0.1) is 11.8 Å². The predicted molar refractivity (Wildman–Crippen MR) is 58.1 cm³/mol. The fourth-order valence-electron chi connectivity index (χ4n) is 1.10. The van der Waals surface area contributed by atoms with Crippen LogP contribution in [0.2, 0.25) is 0 Å². The van der Waals surface area contributed by atoms with E-state index in [0.29, 0.717) is 0 Å². The van der Waals surface area contributed by atoms with Crippen LogP contribution in [-0.2, 0) is 0 Å². The number of aromatic nitrogens is 1. The van der Waals surface area contributed by atoms with Crippen LogP contribution in [0.25, 0.3) is 0 Å². The van der Waals surface area contributed by atoms with Crippen molar-refractivity contribution in [2.24, 2.45) is 5.73 Å². The molecule has 0 fully saturated rings. The van der Waals surface area contributed by atoms with Gasteiger partial charge in [0.2, 0.25) is 0 Å². The third kappa shape index (κ3) is 3.79. The molecule has 3 heteroatoms. The summed E-state index contributed by atoms with van der Waals surface area (Å²) >= 11 is 1.72. The monoisotopic (exact) mass is 196 g/mol. The normalized spacial score (nSPS) is 12.9. The van der Waals surface area contributed by atoms with Crippen molar-refractivity contribution in [3.63, 3.8) is 0 Å². The Balaban J connectivity index is 2.66. The number of hydrogen-bond acceptors (Lipinski definition) is 3. The molecule has 0 aromatic carbocycles. The summed E-state index contributed by atoms with van der Waals surface area (Å²) < 4.78 is 0. The molecule has 72 valence electrons. The fraction of sp³-hybridized carbons (Fsp3) is 0.500. The zero-order chi connectivity index (χ0) is 9.84. The van der Waals surface area contributed by atoms with E-state index in [9.17, 15) is 0 Å². The van der Waals surface area contributed by atoms with Gasteiger partial charge >= 0.3 is 0 Å². The molecular weight excluding hydrogens is 180 g/mol. The lowest BCUT2D eigenvalue weighted by atomic mass is 10.3. The largest absolute Gasteiger partial charge is 0.327 e. The van der Waals surface area contributed by atoms with Crippen LogP contribution in [0.15, 0.2) is 17.2 Å². The van der Waals surface area contributed by atoms with Gasteiger partial charge in [0.1, 0.15) is 0 Å². The van der Waals surface area contributed by atoms with Gasteiger partial charge in [-0.25, -0.2) is 4.98 Å². The first-order chi connectivity index (χ1) is 6.08. The van der Waals surface area contributed by atoms with E-state index in [1.54, 1.807) is 11.8 Å². The van der Waals surface area contributed by atoms with Crippen molar-refractivity contribution in [2.45, 2.75) is 31.8 Å². The molecule has 1 atom stereocenters. The van der Waals surface area contributed by atoms with Crippen LogP contribution in [0.3, 0.4) is 0 Å². The second-order valence-electron chi connectivity index (χ2n) is 3.41. The highest BCUT2D eigenvalue weighted by molar-refractivity contribution is 7.99. The molecule has 1 aromatic heterocycles. The molecule has 13 heavy (non-hydrogen) atoms. The average molecular weight is 196 g/mol. The quantitative estimate of drug-likeness (QED) is 0.753. The molecule has 0 amide bonds. The third-order valence-electron chi connectivity index (χ3n) is 1.57. The Morgan fingerprint density at radius 2 is 2.15 bits per heavy atom. The molecule has 1 heterocycles. The molecular formula is C10H16N2S. The topological polar surface area (TPSA) is 38.9 Å². The first-order valence-corrected chi connectivity index (χ1v) is 5.40. The van der Waals surface area contributed by atoms with E-state index in [1.165, 1.54) is 5.56 Å². The van der Waals surface area contributed by atoms with Crippen LogP contribution in [0.1, 0.15) is 18.2 Å². The first kappa shape index (κ1) is 10.5. The maximum Gasteiger partial charge on any atom is 0.0966 e. The van der Waals surface area contributed by atoms with E-state index in [2.05, 4.69) is 24.0 Å². The van der Waals surface area contributed by atoms with Crippen molar-refractivity contribution in [2.75, 3.05) is 5.75 Å². The SMILES string of the molecule is Cc1cc(C)nc(SC[C@@H](C)N)c1. The van der Waals surface area contributed by atoms with Gasteiger partial charge in [0.15, 0.2) is 0 Å². The minimum atomic E-state index is 0.229. The zero-order valence-electron chi connectivity index (χ0n) is 8.37. The zero-order valence-corrected chi connectivity index (χ0v) is 9.19. The predicted octanol–water partition coefficient (Wildman–Crippen LogP) is 2.14. The lowest BCUT2D eigenvalue weighted by molar-refractivity contribution is 0.845. The highest BCUT2D eigenvalue weighted by Crippen LogP contribution is 2.17. The molecule has 0 saturated heterocycles. The summed E-state index contributed by atoms with van der Waals surface area (Å²) in [5, 5.41) is 1.08. The van der Waals surface area contributed by atoms with Crippen molar-refractivity contribution in [1.29, 1.82) is 0 Å². The van der Waals surface area contributed by atoms with E-state index in [4.69, 9.17) is 5.73 Å². The molecule has 0 unspecified atom stereocenters. The summed E-state index contributed by atoms with van der Waals surface area (Å²) in [5.41, 5.74) is 8.01. The highest BCUT2D eigenvalue weighted by Gasteiger charge is 2.00. The lowest BCUT2D eigenvalue weighted by Gasteiger charge is -2.05. The smallest absolute Gasteiger partial charge is 0.0966 e. The minimum absolute atomic E-state index is 0.229. The van der Waals surface area contributed by atoms with Crippen LogP contribution in [0.4, 0.5) is 0 Å². The summed E-state index contributed by atoms with van der Waals surface area (Å²) in [4.78, 5) is 4.41. The van der Waals surface area contributed by atoms with Crippen LogP contribution in [-0.4, -0.2) is 16.8 Å². The molecule has 0 bridgehead atoms. The number of nitrogens with two attached hydrogens (primary N) is 1. The van der Waals surface area contributed by atoms with Crippen molar-refractivity contribution in [1.82, 2.24) is 4.98 Å². The number of hydrogen-bond donors (Lipinski definition) is 1. The summed E-state index contributed by atoms with van der Waals surface area (Å²) in [7, 11) is 0. The van der Waals surface area contributed by atoms with Gasteiger partial charge in [0.25, 0.3) is 0 Å². The van der Waals surface area contributed by atoms with Crippen molar-refractivity contribution in [3.05, 3.63) is 23.4 Å². The summed E-state index contributed by atoms with van der Waals surface area (Å²) in [6, 6.07) is 4.41. The van der Waals surface area contributed by atoms with Crippen LogP contribution in [0.5, 0.6) is 0 Å². The standard InChI is InChI=1S/C10H16N2S/c1-7-4-9(3)12-10(5-7)13-6-8(2)11/h4-5,8H,6,11H2,1-3H3/t8-/m1/s1. The van der Waals surface area contributed by atoms with E-state index < -0.39 is 0 Å². The lowest BCUT2D eigenvalue weighted by Crippen LogP contribution is -2.17. The molecule has 2 nitrogen and oxygen atoms in total. The second-order valence-corrected chi connectivity index (χ2v) is 4.45. The van der Waals surface area contributed by atoms with Gasteiger partial charge < -0.3 is 5.73 Å². The Labute approximate surface area is 83.9 Å².